The lowest BCUT2D eigenvalue weighted by molar-refractivity contribution is -0.174. The van der Waals surface area contributed by atoms with Crippen LogP contribution in [0.4, 0.5) is 28.9 Å². The summed E-state index contributed by atoms with van der Waals surface area (Å²) in [6.45, 7) is -0.251. The molecule has 1 saturated heterocycles. The van der Waals surface area contributed by atoms with Crippen molar-refractivity contribution in [3.8, 4) is 5.69 Å². The van der Waals surface area contributed by atoms with E-state index in [1.54, 1.807) is 6.07 Å². The van der Waals surface area contributed by atoms with Gasteiger partial charge in [0.15, 0.2) is 0 Å². The fraction of sp³-hybridized carbons (Fsp3) is 0.276. The Hall–Kier alpha value is -4.72. The molecule has 3 N–H and O–H groups in total. The number of nitrogens with zero attached hydrogens (tertiary/aromatic N) is 2. The zero-order chi connectivity index (χ0) is 31.8. The Morgan fingerprint density at radius 2 is 1.57 bits per heavy atom. The Morgan fingerprint density at radius 1 is 0.886 bits per heavy atom. The summed E-state index contributed by atoms with van der Waals surface area (Å²) in [7, 11) is 0. The number of amides is 4. The summed E-state index contributed by atoms with van der Waals surface area (Å²) in [6, 6.07) is 13.2. The highest BCUT2D eigenvalue weighted by Crippen LogP contribution is 2.49. The van der Waals surface area contributed by atoms with Crippen LogP contribution in [0.3, 0.4) is 0 Å². The monoisotopic (exact) mass is 633 g/mol. The first-order valence-corrected chi connectivity index (χ1v) is 13.7. The van der Waals surface area contributed by atoms with Crippen molar-refractivity contribution in [3.63, 3.8) is 0 Å². The summed E-state index contributed by atoms with van der Waals surface area (Å²) >= 11 is 5.88. The van der Waals surface area contributed by atoms with E-state index in [9.17, 15) is 37.1 Å². The molecule has 1 saturated carbocycles. The highest BCUT2D eigenvalue weighted by molar-refractivity contribution is 6.30. The molecule has 3 aromatic rings. The maximum Gasteiger partial charge on any atom is 0.471 e. The standard InChI is InChI=1S/C29H24ClF4N5O5/c30-15-4-6-16(7-5-15)35-25(41)22-23(24(22)27(43)38-12-10-17(14-38)36-28(44)29(32,33)34)26(42)37-20-9-8-18(13-19(20)31)39-11-2-1-3-21(39)40/h1-9,11,13,17,22-24H,10,12,14H2,(H,35,41)(H,36,44)(H,37,42)/t17?,22-,23+,24?/m1/s1. The number of pyridine rings is 1. The molecule has 1 aromatic heterocycles. The molecule has 1 aliphatic carbocycles. The second-order valence-electron chi connectivity index (χ2n) is 10.4. The molecule has 2 fully saturated rings. The van der Waals surface area contributed by atoms with Gasteiger partial charge in [-0.2, -0.15) is 13.2 Å². The lowest BCUT2D eigenvalue weighted by Gasteiger charge is -2.18. The lowest BCUT2D eigenvalue weighted by atomic mass is 10.2. The van der Waals surface area contributed by atoms with Crippen LogP contribution >= 0.6 is 11.6 Å². The second-order valence-corrected chi connectivity index (χ2v) is 10.8. The molecular formula is C29H24ClF4N5O5. The first-order valence-electron chi connectivity index (χ1n) is 13.3. The van der Waals surface area contributed by atoms with Gasteiger partial charge in [-0.25, -0.2) is 4.39 Å². The van der Waals surface area contributed by atoms with Crippen molar-refractivity contribution >= 4 is 46.6 Å². The number of rotatable bonds is 7. The van der Waals surface area contributed by atoms with Crippen LogP contribution in [0.2, 0.25) is 5.02 Å². The number of carbonyl (C=O) groups excluding carboxylic acids is 4. The summed E-state index contributed by atoms with van der Waals surface area (Å²) in [6.07, 6.45) is -3.61. The van der Waals surface area contributed by atoms with Gasteiger partial charge in [0, 0.05) is 48.2 Å². The van der Waals surface area contributed by atoms with Crippen molar-refractivity contribution in [2.24, 2.45) is 17.8 Å². The number of nitrogens with one attached hydrogen (secondary N) is 3. The topological polar surface area (TPSA) is 130 Å². The molecular weight excluding hydrogens is 610 g/mol. The number of halogens is 5. The molecule has 4 amide bonds. The summed E-state index contributed by atoms with van der Waals surface area (Å²) in [4.78, 5) is 64.5. The number of hydrogen-bond acceptors (Lipinski definition) is 5. The number of carbonyl (C=O) groups is 4. The molecule has 5 rings (SSSR count). The van der Waals surface area contributed by atoms with E-state index >= 15 is 4.39 Å². The largest absolute Gasteiger partial charge is 0.471 e. The highest BCUT2D eigenvalue weighted by Gasteiger charge is 2.64. The van der Waals surface area contributed by atoms with Gasteiger partial charge in [0.05, 0.1) is 29.1 Å². The SMILES string of the molecule is O=C(Nc1ccc(-n2ccccc2=O)cc1F)[C@@H]1C(C(=O)N2CCC(NC(=O)C(F)(F)F)C2)[C@@H]1C(=O)Nc1ccc(Cl)cc1. The molecule has 15 heteroatoms. The van der Waals surface area contributed by atoms with Gasteiger partial charge in [0.2, 0.25) is 17.7 Å². The van der Waals surface area contributed by atoms with Gasteiger partial charge < -0.3 is 20.9 Å². The highest BCUT2D eigenvalue weighted by atomic mass is 35.5. The molecule has 2 heterocycles. The molecule has 0 bridgehead atoms. The second kappa shape index (κ2) is 12.1. The predicted octanol–water partition coefficient (Wildman–Crippen LogP) is 3.35. The van der Waals surface area contributed by atoms with Gasteiger partial charge >= 0.3 is 12.1 Å². The molecule has 2 unspecified atom stereocenters. The van der Waals surface area contributed by atoms with Crippen molar-refractivity contribution in [3.05, 3.63) is 88.1 Å². The van der Waals surface area contributed by atoms with Crippen LogP contribution in [0.1, 0.15) is 6.42 Å². The Bertz CT molecular complexity index is 1680. The molecule has 2 aromatic carbocycles. The minimum absolute atomic E-state index is 0.00700. The molecule has 44 heavy (non-hydrogen) atoms. The average Bonchev–Trinajstić information content (AvgIpc) is 3.56. The van der Waals surface area contributed by atoms with Crippen LogP contribution in [0.5, 0.6) is 0 Å². The molecule has 1 aliphatic heterocycles. The Labute approximate surface area is 252 Å². The number of alkyl halides is 3. The summed E-state index contributed by atoms with van der Waals surface area (Å²) < 4.78 is 54.2. The number of anilines is 2. The van der Waals surface area contributed by atoms with Crippen molar-refractivity contribution in [2.75, 3.05) is 23.7 Å². The normalized spacial score (nSPS) is 21.0. The first kappa shape index (κ1) is 30.7. The van der Waals surface area contributed by atoms with Gasteiger partial charge in [-0.3, -0.25) is 28.5 Å². The van der Waals surface area contributed by atoms with Crippen LogP contribution in [0.15, 0.2) is 71.7 Å². The van der Waals surface area contributed by atoms with E-state index in [1.165, 1.54) is 64.2 Å². The Balaban J connectivity index is 1.32. The third kappa shape index (κ3) is 6.59. The van der Waals surface area contributed by atoms with E-state index in [2.05, 4.69) is 10.6 Å². The fourth-order valence-electron chi connectivity index (χ4n) is 5.20. The zero-order valence-corrected chi connectivity index (χ0v) is 23.4. The molecule has 2 aliphatic rings. The number of benzene rings is 2. The predicted molar refractivity (Wildman–Crippen MR) is 150 cm³/mol. The van der Waals surface area contributed by atoms with Crippen molar-refractivity contribution in [1.29, 1.82) is 0 Å². The van der Waals surface area contributed by atoms with Gasteiger partial charge in [0.1, 0.15) is 5.82 Å². The van der Waals surface area contributed by atoms with E-state index in [1.807, 2.05) is 5.32 Å². The summed E-state index contributed by atoms with van der Waals surface area (Å²) in [5.41, 5.74) is -0.119. The van der Waals surface area contributed by atoms with E-state index in [4.69, 9.17) is 11.6 Å². The van der Waals surface area contributed by atoms with E-state index in [-0.39, 0.29) is 30.9 Å². The van der Waals surface area contributed by atoms with Crippen LogP contribution in [-0.2, 0) is 19.2 Å². The van der Waals surface area contributed by atoms with Crippen LogP contribution in [-0.4, -0.2) is 58.4 Å². The lowest BCUT2D eigenvalue weighted by Crippen LogP contribution is -2.45. The quantitative estimate of drug-likeness (QED) is 0.344. The van der Waals surface area contributed by atoms with Crippen molar-refractivity contribution in [1.82, 2.24) is 14.8 Å². The maximum absolute atomic E-state index is 15.0. The number of hydrogen-bond donors (Lipinski definition) is 3. The van der Waals surface area contributed by atoms with Gasteiger partial charge in [-0.15, -0.1) is 0 Å². The first-order chi connectivity index (χ1) is 20.8. The molecule has 230 valence electrons. The van der Waals surface area contributed by atoms with Gasteiger partial charge in [-0.05, 0) is 48.9 Å². The number of aromatic nitrogens is 1. The average molecular weight is 634 g/mol. The third-order valence-electron chi connectivity index (χ3n) is 7.43. The molecule has 10 nitrogen and oxygen atoms in total. The van der Waals surface area contributed by atoms with Crippen molar-refractivity contribution < 1.29 is 36.7 Å². The maximum atomic E-state index is 15.0. The van der Waals surface area contributed by atoms with Crippen LogP contribution in [0, 0.1) is 23.6 Å². The van der Waals surface area contributed by atoms with E-state index in [0.29, 0.717) is 10.7 Å². The third-order valence-corrected chi connectivity index (χ3v) is 7.68. The van der Waals surface area contributed by atoms with E-state index in [0.717, 1.165) is 6.07 Å². The smallest absolute Gasteiger partial charge is 0.344 e. The van der Waals surface area contributed by atoms with Crippen molar-refractivity contribution in [2.45, 2.75) is 18.6 Å². The summed E-state index contributed by atoms with van der Waals surface area (Å²) in [5, 5.41) is 7.25. The number of likely N-dealkylation sites (tertiary alicyclic amines) is 1. The zero-order valence-electron chi connectivity index (χ0n) is 22.6. The fourth-order valence-corrected chi connectivity index (χ4v) is 5.32. The van der Waals surface area contributed by atoms with Crippen LogP contribution in [0.25, 0.3) is 5.69 Å². The van der Waals surface area contributed by atoms with E-state index < -0.39 is 65.0 Å². The molecule has 4 atom stereocenters. The molecule has 0 spiro atoms. The Kier molecular flexibility index (Phi) is 8.46. The minimum atomic E-state index is -5.09. The minimum Gasteiger partial charge on any atom is -0.344 e. The van der Waals surface area contributed by atoms with Gasteiger partial charge in [-0.1, -0.05) is 17.7 Å². The summed E-state index contributed by atoms with van der Waals surface area (Å²) in [5.74, 6) is -8.77. The van der Waals surface area contributed by atoms with Gasteiger partial charge in [0.25, 0.3) is 5.56 Å². The Morgan fingerprint density at radius 3 is 2.20 bits per heavy atom. The van der Waals surface area contributed by atoms with Crippen LogP contribution < -0.4 is 21.5 Å². The molecule has 0 radical (unpaired) electrons.